The van der Waals surface area contributed by atoms with Crippen LogP contribution in [-0.2, 0) is 0 Å². The van der Waals surface area contributed by atoms with Gasteiger partial charge in [0.1, 0.15) is 0 Å². The first kappa shape index (κ1) is 17.7. The third kappa shape index (κ3) is 3.71. The summed E-state index contributed by atoms with van der Waals surface area (Å²) < 4.78 is 1.63. The molecular weight excluding hydrogens is 364 g/mol. The Morgan fingerprint density at radius 3 is 2.78 bits per heavy atom. The standard InChI is InChI=1S/C19H19ClN6O/c1-12-17(13-5-8-21-9-6-13)23-24-18(12)22-19(27)16-7-10-26(25-16)15-4-2-3-14(20)11-15/h2-12,17-18,23-24H,1H3,(H,22,27). The van der Waals surface area contributed by atoms with E-state index in [1.165, 1.54) is 0 Å². The highest BCUT2D eigenvalue weighted by atomic mass is 35.5. The van der Waals surface area contributed by atoms with Crippen molar-refractivity contribution in [3.05, 3.63) is 77.3 Å². The molecule has 4 rings (SSSR count). The van der Waals surface area contributed by atoms with Gasteiger partial charge in [-0.2, -0.15) is 5.10 Å². The molecule has 1 amide bonds. The number of hydrogen-bond acceptors (Lipinski definition) is 5. The van der Waals surface area contributed by atoms with Gasteiger partial charge >= 0.3 is 0 Å². The minimum atomic E-state index is -0.239. The van der Waals surface area contributed by atoms with Crippen molar-refractivity contribution in [3.63, 3.8) is 0 Å². The number of nitrogens with zero attached hydrogens (tertiary/aromatic N) is 3. The summed E-state index contributed by atoms with van der Waals surface area (Å²) in [6, 6.07) is 13.0. The van der Waals surface area contributed by atoms with E-state index in [0.29, 0.717) is 10.7 Å². The van der Waals surface area contributed by atoms with Crippen LogP contribution in [0.3, 0.4) is 0 Å². The lowest BCUT2D eigenvalue weighted by molar-refractivity contribution is 0.0917. The van der Waals surface area contributed by atoms with Crippen molar-refractivity contribution in [1.82, 2.24) is 30.9 Å². The van der Waals surface area contributed by atoms with Crippen LogP contribution in [0, 0.1) is 5.92 Å². The molecule has 3 unspecified atom stereocenters. The first-order valence-corrected chi connectivity index (χ1v) is 9.03. The number of amides is 1. The van der Waals surface area contributed by atoms with Crippen LogP contribution < -0.4 is 16.2 Å². The number of carbonyl (C=O) groups excluding carboxylic acids is 1. The summed E-state index contributed by atoms with van der Waals surface area (Å²) in [7, 11) is 0. The Labute approximate surface area is 161 Å². The molecule has 8 heteroatoms. The summed E-state index contributed by atoms with van der Waals surface area (Å²) in [5, 5.41) is 7.96. The molecule has 1 aliphatic heterocycles. The second-order valence-electron chi connectivity index (χ2n) is 6.48. The van der Waals surface area contributed by atoms with Gasteiger partial charge < -0.3 is 5.32 Å². The van der Waals surface area contributed by atoms with Crippen LogP contribution in [0.1, 0.15) is 29.0 Å². The van der Waals surface area contributed by atoms with Gasteiger partial charge in [-0.15, -0.1) is 0 Å². The van der Waals surface area contributed by atoms with Gasteiger partial charge in [0, 0.05) is 29.5 Å². The van der Waals surface area contributed by atoms with Crippen molar-refractivity contribution in [3.8, 4) is 5.69 Å². The lowest BCUT2D eigenvalue weighted by atomic mass is 9.95. The average Bonchev–Trinajstić information content (AvgIpc) is 3.31. The highest BCUT2D eigenvalue weighted by Crippen LogP contribution is 2.26. The molecule has 1 saturated heterocycles. The Kier molecular flexibility index (Phi) is 4.89. The van der Waals surface area contributed by atoms with Gasteiger partial charge in [0.05, 0.1) is 17.9 Å². The smallest absolute Gasteiger partial charge is 0.273 e. The molecule has 7 nitrogen and oxygen atoms in total. The molecule has 1 fully saturated rings. The minimum Gasteiger partial charge on any atom is -0.334 e. The normalized spacial score (nSPS) is 21.9. The molecule has 0 aliphatic carbocycles. The molecule has 3 aromatic rings. The number of pyridine rings is 1. The van der Waals surface area contributed by atoms with Crippen molar-refractivity contribution < 1.29 is 4.79 Å². The fraction of sp³-hybridized carbons (Fsp3) is 0.211. The summed E-state index contributed by atoms with van der Waals surface area (Å²) in [5.41, 5.74) is 8.64. The fourth-order valence-electron chi connectivity index (χ4n) is 3.18. The SMILES string of the molecule is CC1C(NC(=O)c2ccn(-c3cccc(Cl)c3)n2)NNC1c1ccncc1. The van der Waals surface area contributed by atoms with Crippen LogP contribution in [-0.4, -0.2) is 26.8 Å². The summed E-state index contributed by atoms with van der Waals surface area (Å²) in [5.74, 6) is -0.0938. The second-order valence-corrected chi connectivity index (χ2v) is 6.92. The Hall–Kier alpha value is -2.74. The number of carbonyl (C=O) groups is 1. The molecule has 0 spiro atoms. The molecule has 0 radical (unpaired) electrons. The zero-order valence-corrected chi connectivity index (χ0v) is 15.4. The topological polar surface area (TPSA) is 83.9 Å². The number of rotatable bonds is 4. The molecule has 27 heavy (non-hydrogen) atoms. The van der Waals surface area contributed by atoms with Gasteiger partial charge in [-0.3, -0.25) is 9.78 Å². The van der Waals surface area contributed by atoms with Gasteiger partial charge in [0.2, 0.25) is 0 Å². The van der Waals surface area contributed by atoms with Crippen molar-refractivity contribution in [2.75, 3.05) is 0 Å². The largest absolute Gasteiger partial charge is 0.334 e. The average molecular weight is 383 g/mol. The van der Waals surface area contributed by atoms with E-state index in [-0.39, 0.29) is 24.0 Å². The van der Waals surface area contributed by atoms with E-state index in [1.807, 2.05) is 24.3 Å². The Morgan fingerprint density at radius 1 is 1.19 bits per heavy atom. The molecule has 138 valence electrons. The van der Waals surface area contributed by atoms with E-state index in [0.717, 1.165) is 11.3 Å². The lowest BCUT2D eigenvalue weighted by Crippen LogP contribution is -2.46. The number of hydrazine groups is 1. The van der Waals surface area contributed by atoms with Crippen LogP contribution in [0.2, 0.25) is 5.02 Å². The third-order valence-electron chi connectivity index (χ3n) is 4.69. The maximum absolute atomic E-state index is 12.6. The lowest BCUT2D eigenvalue weighted by Gasteiger charge is -2.19. The van der Waals surface area contributed by atoms with Gasteiger partial charge in [-0.1, -0.05) is 24.6 Å². The molecular formula is C19H19ClN6O. The predicted octanol–water partition coefficient (Wildman–Crippen LogP) is 2.46. The molecule has 2 aromatic heterocycles. The zero-order chi connectivity index (χ0) is 18.8. The first-order valence-electron chi connectivity index (χ1n) is 8.65. The first-order chi connectivity index (χ1) is 13.1. The van der Waals surface area contributed by atoms with E-state index in [2.05, 4.69) is 33.2 Å². The maximum Gasteiger partial charge on any atom is 0.273 e. The Bertz CT molecular complexity index is 944. The molecule has 3 heterocycles. The summed E-state index contributed by atoms with van der Waals surface area (Å²) in [4.78, 5) is 16.7. The van der Waals surface area contributed by atoms with Crippen LogP contribution in [0.15, 0.2) is 61.1 Å². The predicted molar refractivity (Wildman–Crippen MR) is 102 cm³/mol. The van der Waals surface area contributed by atoms with Crippen molar-refractivity contribution in [1.29, 1.82) is 0 Å². The van der Waals surface area contributed by atoms with Crippen molar-refractivity contribution in [2.45, 2.75) is 19.1 Å². The molecule has 1 aliphatic rings. The number of benzene rings is 1. The fourth-order valence-corrected chi connectivity index (χ4v) is 3.37. The maximum atomic E-state index is 12.6. The van der Waals surface area contributed by atoms with Crippen molar-refractivity contribution >= 4 is 17.5 Å². The van der Waals surface area contributed by atoms with E-state index >= 15 is 0 Å². The van der Waals surface area contributed by atoms with E-state index in [4.69, 9.17) is 11.6 Å². The van der Waals surface area contributed by atoms with Gasteiger partial charge in [0.15, 0.2) is 5.69 Å². The Morgan fingerprint density at radius 2 is 2.00 bits per heavy atom. The molecule has 1 aromatic carbocycles. The summed E-state index contributed by atoms with van der Waals surface area (Å²) in [6.07, 6.45) is 5.05. The highest BCUT2D eigenvalue weighted by molar-refractivity contribution is 6.30. The second kappa shape index (κ2) is 7.48. The molecule has 0 saturated carbocycles. The van der Waals surface area contributed by atoms with Crippen LogP contribution in [0.25, 0.3) is 5.69 Å². The number of hydrogen-bond donors (Lipinski definition) is 3. The van der Waals surface area contributed by atoms with Crippen LogP contribution in [0.4, 0.5) is 0 Å². The van der Waals surface area contributed by atoms with Gasteiger partial charge in [0.25, 0.3) is 5.91 Å². The van der Waals surface area contributed by atoms with Crippen LogP contribution in [0.5, 0.6) is 0 Å². The number of aromatic nitrogens is 3. The van der Waals surface area contributed by atoms with Crippen LogP contribution >= 0.6 is 11.6 Å². The van der Waals surface area contributed by atoms with Crippen molar-refractivity contribution in [2.24, 2.45) is 5.92 Å². The van der Waals surface area contributed by atoms with E-state index < -0.39 is 0 Å². The quantitative estimate of drug-likeness (QED) is 0.645. The van der Waals surface area contributed by atoms with E-state index in [1.54, 1.807) is 41.5 Å². The molecule has 3 atom stereocenters. The van der Waals surface area contributed by atoms with Gasteiger partial charge in [-0.25, -0.2) is 15.5 Å². The molecule has 0 bridgehead atoms. The summed E-state index contributed by atoms with van der Waals surface area (Å²) >= 11 is 6.02. The minimum absolute atomic E-state index is 0.0855. The monoisotopic (exact) mass is 382 g/mol. The summed E-state index contributed by atoms with van der Waals surface area (Å²) in [6.45, 7) is 2.08. The highest BCUT2D eigenvalue weighted by Gasteiger charge is 2.34. The third-order valence-corrected chi connectivity index (χ3v) is 4.93. The Balaban J connectivity index is 1.44. The number of nitrogens with one attached hydrogen (secondary N) is 3. The zero-order valence-electron chi connectivity index (χ0n) is 14.6. The number of halogens is 1. The van der Waals surface area contributed by atoms with Gasteiger partial charge in [-0.05, 0) is 42.0 Å². The van der Waals surface area contributed by atoms with E-state index in [9.17, 15) is 4.79 Å². The molecule has 3 N–H and O–H groups in total.